The number of carbonyl (C=O) groups is 1. The molecule has 2 bridgehead atoms. The molecule has 2 fully saturated rings. The molecule has 1 heterocycles. The zero-order chi connectivity index (χ0) is 20.6. The topological polar surface area (TPSA) is 35.6 Å². The third kappa shape index (κ3) is 4.09. The molecule has 2 atom stereocenters. The minimum absolute atomic E-state index is 0.0633. The van der Waals surface area contributed by atoms with Crippen LogP contribution in [0.25, 0.3) is 0 Å². The molecule has 1 amide bonds. The molecule has 1 saturated heterocycles. The number of fused-ring (bicyclic) bond motifs is 1. The van der Waals surface area contributed by atoms with Crippen LogP contribution in [0.4, 0.5) is 5.69 Å². The molecule has 5 rings (SSSR count). The lowest BCUT2D eigenvalue weighted by atomic mass is 9.48. The van der Waals surface area contributed by atoms with Crippen LogP contribution in [0.1, 0.15) is 56.3 Å². The van der Waals surface area contributed by atoms with Gasteiger partial charge in [0.2, 0.25) is 0 Å². The van der Waals surface area contributed by atoms with Crippen molar-refractivity contribution in [1.29, 1.82) is 0 Å². The van der Waals surface area contributed by atoms with E-state index in [0.29, 0.717) is 11.5 Å². The Kier molecular flexibility index (Phi) is 5.74. The lowest BCUT2D eigenvalue weighted by Gasteiger charge is -2.56. The Labute approximate surface area is 176 Å². The Morgan fingerprint density at radius 3 is 2.45 bits per heavy atom. The van der Waals surface area contributed by atoms with Crippen molar-refractivity contribution < 1.29 is 4.79 Å². The molecule has 29 heavy (non-hydrogen) atoms. The van der Waals surface area contributed by atoms with Gasteiger partial charge < -0.3 is 15.1 Å². The van der Waals surface area contributed by atoms with Crippen molar-refractivity contribution in [3.05, 3.63) is 41.5 Å². The van der Waals surface area contributed by atoms with E-state index in [4.69, 9.17) is 0 Å². The van der Waals surface area contributed by atoms with E-state index in [9.17, 15) is 4.79 Å². The Bertz CT molecular complexity index is 757. The maximum atomic E-state index is 12.0. The molecular formula is C25H37N3O. The molecule has 0 aromatic heterocycles. The van der Waals surface area contributed by atoms with Gasteiger partial charge in [0, 0.05) is 44.5 Å². The first kappa shape index (κ1) is 20.5. The number of carbonyl (C=O) groups excluding carboxylic acids is 1. The standard InChI is InChI=1S/C25H37N3O/c1-25(2)20-8-5-18(23(25)17-20)11-14-26-21-12-15-28(16-13-21)22-9-6-19(7-10-22)24(29)27(3)4/h5-7,9-10,20-21,23,26H,8,11-17H2,1-4H3/t20-,23-/m0/s1. The number of nitrogens with one attached hydrogen (secondary N) is 1. The van der Waals surface area contributed by atoms with Crippen molar-refractivity contribution in [3.8, 4) is 0 Å². The zero-order valence-corrected chi connectivity index (χ0v) is 18.6. The van der Waals surface area contributed by atoms with Gasteiger partial charge in [-0.1, -0.05) is 25.5 Å². The molecule has 4 heteroatoms. The van der Waals surface area contributed by atoms with Gasteiger partial charge in [0.05, 0.1) is 0 Å². The highest BCUT2D eigenvalue weighted by molar-refractivity contribution is 5.94. The number of rotatable bonds is 6. The Balaban J connectivity index is 1.21. The minimum Gasteiger partial charge on any atom is -0.371 e. The van der Waals surface area contributed by atoms with Crippen LogP contribution in [0.5, 0.6) is 0 Å². The molecule has 0 radical (unpaired) electrons. The molecule has 1 saturated carbocycles. The van der Waals surface area contributed by atoms with E-state index in [1.54, 1.807) is 24.6 Å². The number of allylic oxidation sites excluding steroid dienone is 1. The maximum absolute atomic E-state index is 12.0. The molecule has 1 aliphatic heterocycles. The number of hydrogen-bond donors (Lipinski definition) is 1. The lowest BCUT2D eigenvalue weighted by Crippen LogP contribution is -2.48. The van der Waals surface area contributed by atoms with E-state index in [1.165, 1.54) is 37.8 Å². The van der Waals surface area contributed by atoms with E-state index in [2.05, 4.69) is 42.3 Å². The number of amides is 1. The van der Waals surface area contributed by atoms with Gasteiger partial charge in [0.25, 0.3) is 5.91 Å². The number of benzene rings is 1. The van der Waals surface area contributed by atoms with Gasteiger partial charge in [-0.05, 0) is 80.2 Å². The summed E-state index contributed by atoms with van der Waals surface area (Å²) >= 11 is 0. The van der Waals surface area contributed by atoms with Gasteiger partial charge in [0.15, 0.2) is 0 Å². The van der Waals surface area contributed by atoms with Crippen LogP contribution < -0.4 is 10.2 Å². The summed E-state index contributed by atoms with van der Waals surface area (Å²) in [7, 11) is 3.59. The van der Waals surface area contributed by atoms with Crippen molar-refractivity contribution in [1.82, 2.24) is 10.2 Å². The lowest BCUT2D eigenvalue weighted by molar-refractivity contribution is -0.00820. The Morgan fingerprint density at radius 1 is 1.17 bits per heavy atom. The Morgan fingerprint density at radius 2 is 1.86 bits per heavy atom. The summed E-state index contributed by atoms with van der Waals surface area (Å²) in [6.07, 6.45) is 8.87. The van der Waals surface area contributed by atoms with Crippen LogP contribution in [0.15, 0.2) is 35.9 Å². The molecule has 4 nitrogen and oxygen atoms in total. The SMILES string of the molecule is CN(C)C(=O)c1ccc(N2CCC(NCCC3=CC[C@H]4C[C@@H]3C4(C)C)CC2)cc1. The van der Waals surface area contributed by atoms with Gasteiger partial charge in [-0.3, -0.25) is 4.79 Å². The van der Waals surface area contributed by atoms with Gasteiger partial charge in [0.1, 0.15) is 0 Å². The van der Waals surface area contributed by atoms with E-state index in [0.717, 1.165) is 37.0 Å². The summed E-state index contributed by atoms with van der Waals surface area (Å²) in [5, 5.41) is 3.82. The highest BCUT2D eigenvalue weighted by atomic mass is 16.2. The molecule has 158 valence electrons. The van der Waals surface area contributed by atoms with Crippen LogP contribution >= 0.6 is 0 Å². The average molecular weight is 396 g/mol. The van der Waals surface area contributed by atoms with Crippen molar-refractivity contribution in [2.75, 3.05) is 38.6 Å². The first-order valence-electron chi connectivity index (χ1n) is 11.3. The molecular weight excluding hydrogens is 358 g/mol. The van der Waals surface area contributed by atoms with E-state index < -0.39 is 0 Å². The summed E-state index contributed by atoms with van der Waals surface area (Å²) < 4.78 is 0. The average Bonchev–Trinajstić information content (AvgIpc) is 2.74. The normalized spacial score (nSPS) is 25.9. The van der Waals surface area contributed by atoms with Gasteiger partial charge >= 0.3 is 0 Å². The summed E-state index contributed by atoms with van der Waals surface area (Å²) in [6, 6.07) is 8.72. The largest absolute Gasteiger partial charge is 0.371 e. The monoisotopic (exact) mass is 395 g/mol. The first-order chi connectivity index (χ1) is 13.9. The van der Waals surface area contributed by atoms with E-state index in [1.807, 2.05) is 12.1 Å². The van der Waals surface area contributed by atoms with Gasteiger partial charge in [-0.25, -0.2) is 0 Å². The van der Waals surface area contributed by atoms with Crippen LogP contribution in [-0.2, 0) is 0 Å². The second kappa shape index (κ2) is 8.14. The fourth-order valence-corrected chi connectivity index (χ4v) is 5.59. The van der Waals surface area contributed by atoms with Crippen LogP contribution in [-0.4, -0.2) is 50.6 Å². The fourth-order valence-electron chi connectivity index (χ4n) is 5.59. The highest BCUT2D eigenvalue weighted by Gasteiger charge is 2.50. The molecule has 3 aliphatic carbocycles. The summed E-state index contributed by atoms with van der Waals surface area (Å²) in [4.78, 5) is 16.1. The molecule has 4 aliphatic rings. The third-order valence-corrected chi connectivity index (χ3v) is 7.81. The molecule has 1 aromatic carbocycles. The van der Waals surface area contributed by atoms with E-state index in [-0.39, 0.29) is 5.91 Å². The van der Waals surface area contributed by atoms with Crippen molar-refractivity contribution >= 4 is 11.6 Å². The van der Waals surface area contributed by atoms with Gasteiger partial charge in [-0.15, -0.1) is 0 Å². The quantitative estimate of drug-likeness (QED) is 0.728. The predicted molar refractivity (Wildman–Crippen MR) is 120 cm³/mol. The summed E-state index contributed by atoms with van der Waals surface area (Å²) in [6.45, 7) is 8.21. The van der Waals surface area contributed by atoms with Gasteiger partial charge in [-0.2, -0.15) is 0 Å². The van der Waals surface area contributed by atoms with Crippen LogP contribution in [0, 0.1) is 17.3 Å². The second-order valence-electron chi connectivity index (χ2n) is 10.0. The highest BCUT2D eigenvalue weighted by Crippen LogP contribution is 2.59. The third-order valence-electron chi connectivity index (χ3n) is 7.81. The number of anilines is 1. The van der Waals surface area contributed by atoms with Crippen molar-refractivity contribution in [2.45, 2.75) is 52.0 Å². The number of hydrogen-bond acceptors (Lipinski definition) is 3. The Hall–Kier alpha value is -1.81. The minimum atomic E-state index is 0.0633. The number of nitrogens with zero attached hydrogens (tertiary/aromatic N) is 2. The maximum Gasteiger partial charge on any atom is 0.253 e. The van der Waals surface area contributed by atoms with Crippen LogP contribution in [0.3, 0.4) is 0 Å². The molecule has 0 unspecified atom stereocenters. The molecule has 1 N–H and O–H groups in total. The summed E-state index contributed by atoms with van der Waals surface area (Å²) in [5.41, 5.74) is 4.25. The first-order valence-corrected chi connectivity index (χ1v) is 11.3. The smallest absolute Gasteiger partial charge is 0.253 e. The fraction of sp³-hybridized carbons (Fsp3) is 0.640. The molecule has 1 aromatic rings. The van der Waals surface area contributed by atoms with Crippen LogP contribution in [0.2, 0.25) is 0 Å². The van der Waals surface area contributed by atoms with E-state index >= 15 is 0 Å². The van der Waals surface area contributed by atoms with Crippen molar-refractivity contribution in [2.24, 2.45) is 17.3 Å². The zero-order valence-electron chi connectivity index (χ0n) is 18.6. The second-order valence-corrected chi connectivity index (χ2v) is 10.0. The number of piperidine rings is 1. The summed E-state index contributed by atoms with van der Waals surface area (Å²) in [5.74, 6) is 1.84. The van der Waals surface area contributed by atoms with Crippen molar-refractivity contribution in [3.63, 3.8) is 0 Å². The predicted octanol–water partition coefficient (Wildman–Crippen LogP) is 4.33. The molecule has 0 spiro atoms.